The summed E-state index contributed by atoms with van der Waals surface area (Å²) in [4.78, 5) is 28.1. The van der Waals surface area contributed by atoms with Crippen LogP contribution in [0.5, 0.6) is 5.75 Å². The van der Waals surface area contributed by atoms with E-state index in [-0.39, 0.29) is 29.7 Å². The summed E-state index contributed by atoms with van der Waals surface area (Å²) in [6, 6.07) is 17.9. The number of rotatable bonds is 8. The van der Waals surface area contributed by atoms with Crippen LogP contribution in [0.1, 0.15) is 24.8 Å². The fraction of sp³-hybridized carbons (Fsp3) is 0.471. The van der Waals surface area contributed by atoms with Gasteiger partial charge in [0.2, 0.25) is 5.91 Å². The average molecular weight is 628 g/mol. The predicted octanol–water partition coefficient (Wildman–Crippen LogP) is 3.37. The number of amides is 1. The van der Waals surface area contributed by atoms with Gasteiger partial charge in [0.15, 0.2) is 12.0 Å². The van der Waals surface area contributed by atoms with E-state index in [1.807, 2.05) is 12.1 Å². The maximum absolute atomic E-state index is 15.1. The molecule has 4 fully saturated rings. The summed E-state index contributed by atoms with van der Waals surface area (Å²) in [5, 5.41) is 22.7. The van der Waals surface area contributed by atoms with Crippen LogP contribution in [-0.2, 0) is 9.53 Å². The summed E-state index contributed by atoms with van der Waals surface area (Å²) >= 11 is 0. The van der Waals surface area contributed by atoms with Crippen LogP contribution in [0.3, 0.4) is 0 Å². The number of halogens is 1. The summed E-state index contributed by atoms with van der Waals surface area (Å²) in [6.45, 7) is 6.10. The molecule has 0 spiro atoms. The van der Waals surface area contributed by atoms with Crippen molar-refractivity contribution in [3.63, 3.8) is 0 Å². The minimum Gasteiger partial charge on any atom is -0.486 e. The molecule has 3 aliphatic heterocycles. The third-order valence-corrected chi connectivity index (χ3v) is 9.50. The van der Waals surface area contributed by atoms with Crippen molar-refractivity contribution in [2.45, 2.75) is 43.7 Å². The largest absolute Gasteiger partial charge is 0.486 e. The Kier molecular flexibility index (Phi) is 8.71. The average Bonchev–Trinajstić information content (AvgIpc) is 3.04. The first kappa shape index (κ1) is 30.3. The van der Waals surface area contributed by atoms with Crippen LogP contribution >= 0.6 is 0 Å². The summed E-state index contributed by atoms with van der Waals surface area (Å²) in [5.74, 6) is 1.01. The van der Waals surface area contributed by atoms with E-state index in [0.29, 0.717) is 49.1 Å². The van der Waals surface area contributed by atoms with Gasteiger partial charge in [0.05, 0.1) is 37.5 Å². The molecular formula is C34H38FN7O4. The van der Waals surface area contributed by atoms with Gasteiger partial charge >= 0.3 is 0 Å². The Morgan fingerprint density at radius 2 is 1.85 bits per heavy atom. The summed E-state index contributed by atoms with van der Waals surface area (Å²) < 4.78 is 26.4. The number of likely N-dealkylation sites (tertiary alicyclic amines) is 1. The van der Waals surface area contributed by atoms with E-state index in [0.717, 1.165) is 45.1 Å². The number of nitrogens with zero attached hydrogens (tertiary/aromatic N) is 6. The first-order valence-electron chi connectivity index (χ1n) is 16.0. The lowest BCUT2D eigenvalue weighted by Crippen LogP contribution is -2.56. The molecule has 0 unspecified atom stereocenters. The van der Waals surface area contributed by atoms with Crippen molar-refractivity contribution in [3.8, 4) is 23.2 Å². The lowest BCUT2D eigenvalue weighted by molar-refractivity contribution is -0.146. The number of hydrogen-bond acceptors (Lipinski definition) is 10. The summed E-state index contributed by atoms with van der Waals surface area (Å²) in [6.07, 6.45) is 0.275. The zero-order valence-electron chi connectivity index (χ0n) is 25.6. The number of carbonyl (C=O) groups is 1. The van der Waals surface area contributed by atoms with Gasteiger partial charge in [-0.15, -0.1) is 0 Å². The zero-order valence-corrected chi connectivity index (χ0v) is 25.6. The molecule has 1 aliphatic carbocycles. The SMILES string of the molecule is N#Cc1cc(-c2nccc(Nc3ccc(N4CCN(C5COC5)CC4)cc3)n2)ccc1O[C@H]1CCN(C(=O)C2CC(O)C2)C[C@H]1F. The first-order valence-corrected chi connectivity index (χ1v) is 16.0. The van der Waals surface area contributed by atoms with E-state index in [1.54, 1.807) is 30.5 Å². The van der Waals surface area contributed by atoms with E-state index < -0.39 is 18.4 Å². The second kappa shape index (κ2) is 13.2. The second-order valence-electron chi connectivity index (χ2n) is 12.5. The highest BCUT2D eigenvalue weighted by Gasteiger charge is 2.40. The lowest BCUT2D eigenvalue weighted by Gasteiger charge is -2.43. The van der Waals surface area contributed by atoms with E-state index in [2.05, 4.69) is 43.3 Å². The quantitative estimate of drug-likeness (QED) is 0.384. The summed E-state index contributed by atoms with van der Waals surface area (Å²) in [5.41, 5.74) is 2.98. The number of aliphatic hydroxyl groups excluding tert-OH is 1. The van der Waals surface area contributed by atoms with Gasteiger partial charge in [0.1, 0.15) is 23.7 Å². The standard InChI is InChI=1S/C34H38FN7O4/c35-29-19-42(34(44)23-16-28(43)17-23)10-8-31(29)46-30-6-1-22(15-24(30)18-36)33-37-9-7-32(39-33)38-25-2-4-26(5-3-25)40-11-13-41(14-12-40)27-20-45-21-27/h1-7,9,15,23,27-29,31,43H,8,10-14,16-17,19-21H2,(H,37,38,39)/t23?,28?,29-,31+/m1/s1. The van der Waals surface area contributed by atoms with Gasteiger partial charge in [-0.3, -0.25) is 9.69 Å². The normalized spacial score (nSPS) is 25.2. The van der Waals surface area contributed by atoms with Gasteiger partial charge in [-0.1, -0.05) is 0 Å². The number of ether oxygens (including phenoxy) is 2. The van der Waals surface area contributed by atoms with Gasteiger partial charge in [0, 0.05) is 68.2 Å². The van der Waals surface area contributed by atoms with Gasteiger partial charge in [-0.2, -0.15) is 5.26 Å². The monoisotopic (exact) mass is 627 g/mol. The molecular weight excluding hydrogens is 589 g/mol. The molecule has 3 saturated heterocycles. The number of aliphatic hydroxyl groups is 1. The van der Waals surface area contributed by atoms with Crippen LogP contribution in [0.15, 0.2) is 54.7 Å². The van der Waals surface area contributed by atoms with E-state index >= 15 is 4.39 Å². The fourth-order valence-corrected chi connectivity index (χ4v) is 6.54. The molecule has 3 aromatic rings. The number of nitriles is 1. The molecule has 46 heavy (non-hydrogen) atoms. The molecule has 4 heterocycles. The van der Waals surface area contributed by atoms with Gasteiger partial charge in [-0.05, 0) is 61.4 Å². The number of benzene rings is 2. The van der Waals surface area contributed by atoms with Crippen molar-refractivity contribution in [3.05, 3.63) is 60.3 Å². The van der Waals surface area contributed by atoms with Crippen molar-refractivity contribution in [2.75, 3.05) is 62.7 Å². The minimum atomic E-state index is -1.38. The third-order valence-electron chi connectivity index (χ3n) is 9.50. The zero-order chi connectivity index (χ0) is 31.6. The van der Waals surface area contributed by atoms with Gasteiger partial charge in [-0.25, -0.2) is 14.4 Å². The molecule has 0 radical (unpaired) electrons. The molecule has 2 aromatic carbocycles. The topological polar surface area (TPSA) is 127 Å². The second-order valence-corrected chi connectivity index (χ2v) is 12.5. The molecule has 4 aliphatic rings. The number of piperidine rings is 1. The van der Waals surface area contributed by atoms with Crippen molar-refractivity contribution < 1.29 is 23.8 Å². The first-order chi connectivity index (χ1) is 22.4. The molecule has 1 aromatic heterocycles. The number of hydrogen-bond donors (Lipinski definition) is 2. The highest BCUT2D eigenvalue weighted by Crippen LogP contribution is 2.32. The maximum Gasteiger partial charge on any atom is 0.225 e. The number of nitrogens with one attached hydrogen (secondary N) is 1. The highest BCUT2D eigenvalue weighted by atomic mass is 19.1. The van der Waals surface area contributed by atoms with Crippen molar-refractivity contribution in [2.24, 2.45) is 5.92 Å². The number of carbonyl (C=O) groups excluding carboxylic acids is 1. The molecule has 1 saturated carbocycles. The third kappa shape index (κ3) is 6.49. The number of alkyl halides is 1. The minimum absolute atomic E-state index is 0.0556. The molecule has 1 amide bonds. The Hall–Kier alpha value is -4.31. The molecule has 2 N–H and O–H groups in total. The van der Waals surface area contributed by atoms with E-state index in [4.69, 9.17) is 9.47 Å². The van der Waals surface area contributed by atoms with Crippen molar-refractivity contribution in [1.82, 2.24) is 19.8 Å². The van der Waals surface area contributed by atoms with Crippen LogP contribution < -0.4 is 15.0 Å². The Morgan fingerprint density at radius 1 is 1.07 bits per heavy atom. The smallest absolute Gasteiger partial charge is 0.225 e. The molecule has 7 rings (SSSR count). The van der Waals surface area contributed by atoms with E-state index in [9.17, 15) is 15.2 Å². The van der Waals surface area contributed by atoms with Gasteiger partial charge in [0.25, 0.3) is 0 Å². The molecule has 240 valence electrons. The molecule has 11 nitrogen and oxygen atoms in total. The van der Waals surface area contributed by atoms with Gasteiger partial charge < -0.3 is 29.7 Å². The Bertz CT molecular complexity index is 1580. The fourth-order valence-electron chi connectivity index (χ4n) is 6.54. The van der Waals surface area contributed by atoms with Crippen LogP contribution in [-0.4, -0.2) is 108 Å². The number of anilines is 3. The van der Waals surface area contributed by atoms with E-state index in [1.165, 1.54) is 10.6 Å². The van der Waals surface area contributed by atoms with Crippen LogP contribution in [0.2, 0.25) is 0 Å². The van der Waals surface area contributed by atoms with Crippen LogP contribution in [0.4, 0.5) is 21.6 Å². The molecule has 2 atom stereocenters. The van der Waals surface area contributed by atoms with Crippen LogP contribution in [0, 0.1) is 17.2 Å². The van der Waals surface area contributed by atoms with Crippen LogP contribution in [0.25, 0.3) is 11.4 Å². The highest BCUT2D eigenvalue weighted by molar-refractivity contribution is 5.80. The molecule has 0 bridgehead atoms. The number of piperazine rings is 1. The Labute approximate surface area is 267 Å². The summed E-state index contributed by atoms with van der Waals surface area (Å²) in [7, 11) is 0. The Morgan fingerprint density at radius 3 is 2.52 bits per heavy atom. The van der Waals surface area contributed by atoms with Crippen molar-refractivity contribution >= 4 is 23.1 Å². The number of aromatic nitrogens is 2. The molecule has 12 heteroatoms. The maximum atomic E-state index is 15.1. The Balaban J connectivity index is 0.957. The lowest BCUT2D eigenvalue weighted by atomic mass is 9.81. The predicted molar refractivity (Wildman–Crippen MR) is 170 cm³/mol. The van der Waals surface area contributed by atoms with Crippen molar-refractivity contribution in [1.29, 1.82) is 5.26 Å².